The molecule has 1 aliphatic rings. The molecule has 0 radical (unpaired) electrons. The van der Waals surface area contributed by atoms with E-state index < -0.39 is 11.0 Å². The lowest BCUT2D eigenvalue weighted by molar-refractivity contribution is -0.384. The van der Waals surface area contributed by atoms with Crippen LogP contribution in [-0.4, -0.2) is 42.0 Å². The molecule has 0 atom stereocenters. The zero-order valence-corrected chi connectivity index (χ0v) is 12.1. The van der Waals surface area contributed by atoms with Gasteiger partial charge in [0.2, 0.25) is 0 Å². The van der Waals surface area contributed by atoms with Crippen LogP contribution in [-0.2, 0) is 4.74 Å². The van der Waals surface area contributed by atoms with Crippen LogP contribution in [0.5, 0.6) is 0 Å². The summed E-state index contributed by atoms with van der Waals surface area (Å²) in [6.45, 7) is 2.12. The van der Waals surface area contributed by atoms with Crippen molar-refractivity contribution in [1.29, 1.82) is 0 Å². The van der Waals surface area contributed by atoms with Gasteiger partial charge in [0.05, 0.1) is 11.1 Å². The molecule has 0 saturated carbocycles. The molecule has 1 N–H and O–H groups in total. The Kier molecular flexibility index (Phi) is 5.84. The van der Waals surface area contributed by atoms with Crippen molar-refractivity contribution >= 4 is 18.0 Å². The lowest BCUT2D eigenvalue weighted by Gasteiger charge is -2.25. The summed E-state index contributed by atoms with van der Waals surface area (Å²) in [6.07, 6.45) is 4.14. The zero-order chi connectivity index (χ0) is 15.8. The molecule has 1 aromatic rings. The Morgan fingerprint density at radius 3 is 2.91 bits per heavy atom. The van der Waals surface area contributed by atoms with Gasteiger partial charge < -0.3 is 4.74 Å². The summed E-state index contributed by atoms with van der Waals surface area (Å²) >= 11 is 0. The number of nitrogens with one attached hydrogen (secondary N) is 1. The molecule has 1 aliphatic heterocycles. The number of hydrogen-bond donors (Lipinski definition) is 1. The normalized spacial score (nSPS) is 15.6. The summed E-state index contributed by atoms with van der Waals surface area (Å²) in [6, 6.07) is 5.95. The van der Waals surface area contributed by atoms with Gasteiger partial charge in [0.25, 0.3) is 5.69 Å². The van der Waals surface area contributed by atoms with E-state index in [1.807, 2.05) is 0 Å². The van der Waals surface area contributed by atoms with Crippen LogP contribution in [0, 0.1) is 10.1 Å². The molecule has 1 aromatic carbocycles. The molecule has 2 rings (SSSR count). The molecule has 0 aromatic heterocycles. The SMILES string of the molecule is O=C(N/N=C/c1cccc([N+](=O)[O-])c1)OCN1CCCCC1. The van der Waals surface area contributed by atoms with Crippen molar-refractivity contribution in [2.24, 2.45) is 5.10 Å². The maximum Gasteiger partial charge on any atom is 0.429 e. The fourth-order valence-electron chi connectivity index (χ4n) is 2.15. The van der Waals surface area contributed by atoms with E-state index in [-0.39, 0.29) is 12.4 Å². The van der Waals surface area contributed by atoms with Crippen molar-refractivity contribution in [3.8, 4) is 0 Å². The third kappa shape index (κ3) is 5.13. The minimum absolute atomic E-state index is 0.0309. The first-order valence-electron chi connectivity index (χ1n) is 7.08. The zero-order valence-electron chi connectivity index (χ0n) is 12.1. The van der Waals surface area contributed by atoms with Gasteiger partial charge in [0, 0.05) is 30.8 Å². The van der Waals surface area contributed by atoms with Gasteiger partial charge in [0.15, 0.2) is 0 Å². The van der Waals surface area contributed by atoms with E-state index in [0.717, 1.165) is 25.9 Å². The fraction of sp³-hybridized carbons (Fsp3) is 0.429. The smallest absolute Gasteiger partial charge is 0.429 e. The third-order valence-corrected chi connectivity index (χ3v) is 3.28. The quantitative estimate of drug-likeness (QED) is 0.510. The Labute approximate surface area is 127 Å². The van der Waals surface area contributed by atoms with Crippen LogP contribution in [0.15, 0.2) is 29.4 Å². The van der Waals surface area contributed by atoms with Crippen molar-refractivity contribution in [1.82, 2.24) is 10.3 Å². The van der Waals surface area contributed by atoms with Gasteiger partial charge in [-0.05, 0) is 12.8 Å². The molecule has 0 spiro atoms. The molecule has 118 valence electrons. The number of piperidine rings is 1. The molecule has 0 aliphatic carbocycles. The first-order chi connectivity index (χ1) is 10.6. The Balaban J connectivity index is 1.75. The predicted molar refractivity (Wildman–Crippen MR) is 80.6 cm³/mol. The Morgan fingerprint density at radius 1 is 1.41 bits per heavy atom. The van der Waals surface area contributed by atoms with Crippen LogP contribution in [0.1, 0.15) is 24.8 Å². The second-order valence-corrected chi connectivity index (χ2v) is 4.96. The third-order valence-electron chi connectivity index (χ3n) is 3.28. The highest BCUT2D eigenvalue weighted by Gasteiger charge is 2.11. The van der Waals surface area contributed by atoms with Gasteiger partial charge in [-0.25, -0.2) is 10.2 Å². The minimum atomic E-state index is -0.646. The monoisotopic (exact) mass is 306 g/mol. The van der Waals surface area contributed by atoms with E-state index in [4.69, 9.17) is 4.74 Å². The van der Waals surface area contributed by atoms with Gasteiger partial charge in [0.1, 0.15) is 6.73 Å². The fourth-order valence-corrected chi connectivity index (χ4v) is 2.15. The van der Waals surface area contributed by atoms with E-state index in [1.54, 1.807) is 12.1 Å². The number of nitro groups is 1. The molecular weight excluding hydrogens is 288 g/mol. The summed E-state index contributed by atoms with van der Waals surface area (Å²) in [5.74, 6) is 0. The largest absolute Gasteiger partial charge is 0.432 e. The number of hydrogen-bond acceptors (Lipinski definition) is 6. The Bertz CT molecular complexity index is 556. The predicted octanol–water partition coefficient (Wildman–Crippen LogP) is 2.10. The molecule has 22 heavy (non-hydrogen) atoms. The highest BCUT2D eigenvalue weighted by molar-refractivity contribution is 5.81. The number of likely N-dealkylation sites (tertiary alicyclic amines) is 1. The van der Waals surface area contributed by atoms with E-state index in [0.29, 0.717) is 5.56 Å². The van der Waals surface area contributed by atoms with Crippen LogP contribution in [0.25, 0.3) is 0 Å². The number of nitro benzene ring substituents is 1. The number of carbonyl (C=O) groups excluding carboxylic acids is 1. The first kappa shape index (κ1) is 15.9. The van der Waals surface area contributed by atoms with E-state index in [9.17, 15) is 14.9 Å². The standard InChI is InChI=1S/C14H18N4O4/c19-14(22-11-17-7-2-1-3-8-17)16-15-10-12-5-4-6-13(9-12)18(20)21/h4-6,9-10H,1-3,7-8,11H2,(H,16,19)/b15-10+. The molecule has 0 unspecified atom stereocenters. The average molecular weight is 306 g/mol. The number of benzene rings is 1. The number of amides is 1. The van der Waals surface area contributed by atoms with Gasteiger partial charge in [-0.3, -0.25) is 15.0 Å². The topological polar surface area (TPSA) is 97.1 Å². The number of ether oxygens (including phenoxy) is 1. The van der Waals surface area contributed by atoms with E-state index in [1.165, 1.54) is 24.8 Å². The molecule has 8 nitrogen and oxygen atoms in total. The summed E-state index contributed by atoms with van der Waals surface area (Å²) in [4.78, 5) is 23.7. The molecule has 8 heteroatoms. The van der Waals surface area contributed by atoms with Crippen molar-refractivity contribution in [3.63, 3.8) is 0 Å². The van der Waals surface area contributed by atoms with Crippen LogP contribution >= 0.6 is 0 Å². The van der Waals surface area contributed by atoms with Crippen molar-refractivity contribution in [3.05, 3.63) is 39.9 Å². The first-order valence-corrected chi connectivity index (χ1v) is 7.08. The van der Waals surface area contributed by atoms with Crippen LogP contribution < -0.4 is 5.43 Å². The number of carbonyl (C=O) groups is 1. The Morgan fingerprint density at radius 2 is 2.18 bits per heavy atom. The van der Waals surface area contributed by atoms with Crippen LogP contribution in [0.4, 0.5) is 10.5 Å². The maximum absolute atomic E-state index is 11.5. The van der Waals surface area contributed by atoms with Crippen molar-refractivity contribution < 1.29 is 14.5 Å². The molecular formula is C14H18N4O4. The number of non-ortho nitro benzene ring substituents is 1. The van der Waals surface area contributed by atoms with Crippen molar-refractivity contribution in [2.45, 2.75) is 19.3 Å². The molecule has 1 saturated heterocycles. The summed E-state index contributed by atoms with van der Waals surface area (Å²) in [5.41, 5.74) is 2.72. The summed E-state index contributed by atoms with van der Waals surface area (Å²) in [7, 11) is 0. The van der Waals surface area contributed by atoms with Crippen LogP contribution in [0.3, 0.4) is 0 Å². The van der Waals surface area contributed by atoms with Crippen LogP contribution in [0.2, 0.25) is 0 Å². The highest BCUT2D eigenvalue weighted by atomic mass is 16.6. The van der Waals surface area contributed by atoms with Gasteiger partial charge >= 0.3 is 6.09 Å². The molecule has 1 heterocycles. The lowest BCUT2D eigenvalue weighted by atomic mass is 10.1. The summed E-state index contributed by atoms with van der Waals surface area (Å²) < 4.78 is 5.04. The second kappa shape index (κ2) is 8.08. The number of rotatable bonds is 5. The molecule has 1 amide bonds. The Hall–Kier alpha value is -2.48. The second-order valence-electron chi connectivity index (χ2n) is 4.96. The number of hydrazone groups is 1. The van der Waals surface area contributed by atoms with Gasteiger partial charge in [-0.15, -0.1) is 0 Å². The highest BCUT2D eigenvalue weighted by Crippen LogP contribution is 2.11. The van der Waals surface area contributed by atoms with E-state index in [2.05, 4.69) is 15.4 Å². The maximum atomic E-state index is 11.5. The average Bonchev–Trinajstić information content (AvgIpc) is 2.54. The lowest BCUT2D eigenvalue weighted by Crippen LogP contribution is -2.34. The molecule has 0 bridgehead atoms. The minimum Gasteiger partial charge on any atom is -0.432 e. The molecule has 1 fully saturated rings. The summed E-state index contributed by atoms with van der Waals surface area (Å²) in [5, 5.41) is 14.4. The van der Waals surface area contributed by atoms with Gasteiger partial charge in [-0.2, -0.15) is 5.10 Å². The number of nitrogens with zero attached hydrogens (tertiary/aromatic N) is 3. The van der Waals surface area contributed by atoms with Gasteiger partial charge in [-0.1, -0.05) is 18.6 Å². The van der Waals surface area contributed by atoms with Crippen molar-refractivity contribution in [2.75, 3.05) is 19.8 Å². The van der Waals surface area contributed by atoms with E-state index >= 15 is 0 Å².